The van der Waals surface area contributed by atoms with Crippen molar-refractivity contribution in [3.63, 3.8) is 0 Å². The largest absolute Gasteiger partial charge is 0.340 e. The van der Waals surface area contributed by atoms with E-state index in [9.17, 15) is 8.42 Å². The lowest BCUT2D eigenvalue weighted by Gasteiger charge is -2.10. The molecule has 3 rings (SSSR count). The summed E-state index contributed by atoms with van der Waals surface area (Å²) in [6, 6.07) is 18.2. The van der Waals surface area contributed by atoms with Crippen LogP contribution in [0.5, 0.6) is 0 Å². The topological polar surface area (TPSA) is 94.9 Å². The van der Waals surface area contributed by atoms with Crippen LogP contribution in [0.3, 0.4) is 0 Å². The van der Waals surface area contributed by atoms with Crippen LogP contribution < -0.4 is 10.0 Å². The molecule has 0 aliphatic heterocycles. The van der Waals surface area contributed by atoms with Crippen LogP contribution in [-0.4, -0.2) is 13.4 Å². The number of rotatable bonds is 5. The summed E-state index contributed by atoms with van der Waals surface area (Å²) in [5.41, 5.74) is 1.56. The summed E-state index contributed by atoms with van der Waals surface area (Å²) in [6.07, 6.45) is 1.40. The maximum atomic E-state index is 12.4. The van der Waals surface area contributed by atoms with Crippen molar-refractivity contribution in [3.05, 3.63) is 77.4 Å². The van der Waals surface area contributed by atoms with Gasteiger partial charge < -0.3 is 5.32 Å². The average Bonchev–Trinajstić information content (AvgIpc) is 2.63. The molecule has 1 aromatic heterocycles. The summed E-state index contributed by atoms with van der Waals surface area (Å²) in [7, 11) is -3.75. The number of benzene rings is 2. The molecule has 1 heterocycles. The van der Waals surface area contributed by atoms with E-state index in [0.29, 0.717) is 27.8 Å². The van der Waals surface area contributed by atoms with Gasteiger partial charge in [0, 0.05) is 10.7 Å². The lowest BCUT2D eigenvalue weighted by Crippen LogP contribution is -2.13. The summed E-state index contributed by atoms with van der Waals surface area (Å²) in [5.74, 6) is 0.519. The molecule has 0 saturated heterocycles. The maximum absolute atomic E-state index is 12.4. The van der Waals surface area contributed by atoms with Crippen LogP contribution in [0.25, 0.3) is 0 Å². The molecule has 0 fully saturated rings. The van der Waals surface area contributed by atoms with Gasteiger partial charge in [0.15, 0.2) is 0 Å². The van der Waals surface area contributed by atoms with Gasteiger partial charge in [0.2, 0.25) is 0 Å². The molecule has 2 N–H and O–H groups in total. The molecule has 0 spiro atoms. The standard InChI is InChI=1S/C18H13ClN4O2S/c19-14-4-2-6-17(10-14)26(24,25)23-16-7-8-18(21-12-16)22-15-5-1-3-13(9-15)11-20/h1-10,12,23H,(H,21,22). The maximum Gasteiger partial charge on any atom is 0.261 e. The van der Waals surface area contributed by atoms with Crippen LogP contribution in [0, 0.1) is 11.3 Å². The molecule has 0 atom stereocenters. The molecule has 0 amide bonds. The number of hydrogen-bond donors (Lipinski definition) is 2. The highest BCUT2D eigenvalue weighted by Crippen LogP contribution is 2.21. The van der Waals surface area contributed by atoms with Crippen LogP contribution in [0.4, 0.5) is 17.2 Å². The minimum atomic E-state index is -3.75. The molecule has 26 heavy (non-hydrogen) atoms. The number of anilines is 3. The molecule has 0 radical (unpaired) electrons. The van der Waals surface area contributed by atoms with Crippen molar-refractivity contribution >= 4 is 38.8 Å². The third-order valence-electron chi connectivity index (χ3n) is 3.39. The second-order valence-electron chi connectivity index (χ2n) is 5.31. The summed E-state index contributed by atoms with van der Waals surface area (Å²) in [5, 5.41) is 12.3. The summed E-state index contributed by atoms with van der Waals surface area (Å²) < 4.78 is 27.2. The summed E-state index contributed by atoms with van der Waals surface area (Å²) in [4.78, 5) is 4.25. The number of nitrogens with one attached hydrogen (secondary N) is 2. The molecule has 0 aliphatic carbocycles. The van der Waals surface area contributed by atoms with Gasteiger partial charge in [-0.15, -0.1) is 0 Å². The predicted molar refractivity (Wildman–Crippen MR) is 101 cm³/mol. The van der Waals surface area contributed by atoms with E-state index in [4.69, 9.17) is 16.9 Å². The molecule has 0 saturated carbocycles. The van der Waals surface area contributed by atoms with Crippen molar-refractivity contribution < 1.29 is 8.42 Å². The van der Waals surface area contributed by atoms with Gasteiger partial charge in [-0.3, -0.25) is 4.72 Å². The first-order valence-electron chi connectivity index (χ1n) is 7.48. The molecule has 3 aromatic rings. The van der Waals surface area contributed by atoms with Crippen molar-refractivity contribution in [1.82, 2.24) is 4.98 Å². The Bertz CT molecular complexity index is 1080. The Morgan fingerprint density at radius 3 is 2.50 bits per heavy atom. The van der Waals surface area contributed by atoms with Crippen LogP contribution >= 0.6 is 11.6 Å². The summed E-state index contributed by atoms with van der Waals surface area (Å²) in [6.45, 7) is 0. The minimum absolute atomic E-state index is 0.0699. The SMILES string of the molecule is N#Cc1cccc(Nc2ccc(NS(=O)(=O)c3cccc(Cl)c3)cn2)c1. The fourth-order valence-corrected chi connectivity index (χ4v) is 3.53. The number of nitrogens with zero attached hydrogens (tertiary/aromatic N) is 2. The van der Waals surface area contributed by atoms with Crippen LogP contribution in [-0.2, 0) is 10.0 Å². The lowest BCUT2D eigenvalue weighted by molar-refractivity contribution is 0.601. The second kappa shape index (κ2) is 7.44. The predicted octanol–water partition coefficient (Wildman–Crippen LogP) is 4.15. The van der Waals surface area contributed by atoms with Gasteiger partial charge in [0.05, 0.1) is 28.4 Å². The zero-order valence-electron chi connectivity index (χ0n) is 13.3. The Morgan fingerprint density at radius 1 is 1.00 bits per heavy atom. The van der Waals surface area contributed by atoms with E-state index < -0.39 is 10.0 Å². The van der Waals surface area contributed by atoms with Gasteiger partial charge in [-0.25, -0.2) is 13.4 Å². The van der Waals surface area contributed by atoms with Gasteiger partial charge in [0.25, 0.3) is 10.0 Å². The van der Waals surface area contributed by atoms with E-state index in [-0.39, 0.29) is 4.90 Å². The van der Waals surface area contributed by atoms with E-state index in [1.165, 1.54) is 18.3 Å². The van der Waals surface area contributed by atoms with Gasteiger partial charge >= 0.3 is 0 Å². The third kappa shape index (κ3) is 4.30. The van der Waals surface area contributed by atoms with Crippen LogP contribution in [0.2, 0.25) is 5.02 Å². The molecular weight excluding hydrogens is 372 g/mol. The van der Waals surface area contributed by atoms with Gasteiger partial charge in [-0.1, -0.05) is 23.7 Å². The first-order chi connectivity index (χ1) is 12.5. The fourth-order valence-electron chi connectivity index (χ4n) is 2.19. The quantitative estimate of drug-likeness (QED) is 0.689. The normalized spacial score (nSPS) is 10.8. The Balaban J connectivity index is 1.74. The molecule has 6 nitrogen and oxygen atoms in total. The van der Waals surface area contributed by atoms with Crippen molar-refractivity contribution in [2.75, 3.05) is 10.0 Å². The third-order valence-corrected chi connectivity index (χ3v) is 5.00. The van der Waals surface area contributed by atoms with Gasteiger partial charge in [0.1, 0.15) is 5.82 Å². The number of aromatic nitrogens is 1. The minimum Gasteiger partial charge on any atom is -0.340 e. The monoisotopic (exact) mass is 384 g/mol. The van der Waals surface area contributed by atoms with Crippen molar-refractivity contribution in [1.29, 1.82) is 5.26 Å². The Morgan fingerprint density at radius 2 is 1.81 bits per heavy atom. The zero-order valence-corrected chi connectivity index (χ0v) is 14.9. The van der Waals surface area contributed by atoms with E-state index in [1.54, 1.807) is 48.5 Å². The highest BCUT2D eigenvalue weighted by Gasteiger charge is 2.14. The van der Waals surface area contributed by atoms with E-state index in [2.05, 4.69) is 21.1 Å². The highest BCUT2D eigenvalue weighted by atomic mass is 35.5. The fraction of sp³-hybridized carbons (Fsp3) is 0. The van der Waals surface area contributed by atoms with Gasteiger partial charge in [-0.2, -0.15) is 5.26 Å². The Hall–Kier alpha value is -3.08. The number of hydrogen-bond acceptors (Lipinski definition) is 5. The number of sulfonamides is 1. The molecule has 2 aromatic carbocycles. The van der Waals surface area contributed by atoms with E-state index in [0.717, 1.165) is 0 Å². The van der Waals surface area contributed by atoms with E-state index >= 15 is 0 Å². The molecule has 0 unspecified atom stereocenters. The Labute approximate surface area is 156 Å². The lowest BCUT2D eigenvalue weighted by atomic mass is 10.2. The first kappa shape index (κ1) is 17.7. The summed E-state index contributed by atoms with van der Waals surface area (Å²) >= 11 is 5.84. The van der Waals surface area contributed by atoms with E-state index in [1.807, 2.05) is 0 Å². The highest BCUT2D eigenvalue weighted by molar-refractivity contribution is 7.92. The zero-order chi connectivity index (χ0) is 18.6. The first-order valence-corrected chi connectivity index (χ1v) is 9.34. The average molecular weight is 385 g/mol. The Kier molecular flexibility index (Phi) is 5.07. The van der Waals surface area contributed by atoms with Crippen LogP contribution in [0.1, 0.15) is 5.56 Å². The molecule has 130 valence electrons. The van der Waals surface area contributed by atoms with Crippen molar-refractivity contribution in [3.8, 4) is 6.07 Å². The molecular formula is C18H13ClN4O2S. The number of halogens is 1. The smallest absolute Gasteiger partial charge is 0.261 e. The second-order valence-corrected chi connectivity index (χ2v) is 7.43. The van der Waals surface area contributed by atoms with Gasteiger partial charge in [-0.05, 0) is 48.5 Å². The van der Waals surface area contributed by atoms with Crippen molar-refractivity contribution in [2.45, 2.75) is 4.90 Å². The molecule has 0 aliphatic rings. The number of pyridine rings is 1. The van der Waals surface area contributed by atoms with Crippen LogP contribution in [0.15, 0.2) is 71.8 Å². The number of nitriles is 1. The molecule has 0 bridgehead atoms. The molecule has 8 heteroatoms. The van der Waals surface area contributed by atoms with Crippen molar-refractivity contribution in [2.24, 2.45) is 0 Å².